The Bertz CT molecular complexity index is 1420. The Morgan fingerprint density at radius 3 is 2.86 bits per heavy atom. The molecule has 1 saturated carbocycles. The van der Waals surface area contributed by atoms with E-state index >= 15 is 0 Å². The van der Waals surface area contributed by atoms with Gasteiger partial charge in [0.15, 0.2) is 5.75 Å². The molecule has 0 spiro atoms. The van der Waals surface area contributed by atoms with Crippen molar-refractivity contribution in [1.82, 2.24) is 19.1 Å². The van der Waals surface area contributed by atoms with E-state index in [4.69, 9.17) is 4.74 Å². The van der Waals surface area contributed by atoms with Crippen molar-refractivity contribution in [2.24, 2.45) is 0 Å². The predicted octanol–water partition coefficient (Wildman–Crippen LogP) is 5.90. The standard InChI is InChI=1S/C26H24FN5O2.CH4/c1-15-8-20(27)19(9-23(15)31-11-22(29-14-31)17-6-7-17)26(33)30-21-5-3-4-18-24-10-28-13-32(24)16(2)12-34-25(18)21;/h3-5,8-11,13-14,16-17H,6-7,12H2,1-2H3,(H,30,33);1H4. The van der Waals surface area contributed by atoms with Crippen LogP contribution < -0.4 is 10.1 Å². The first-order valence-corrected chi connectivity index (χ1v) is 11.4. The van der Waals surface area contributed by atoms with Gasteiger partial charge in [-0.25, -0.2) is 14.4 Å². The number of halogens is 1. The van der Waals surface area contributed by atoms with Gasteiger partial charge in [-0.15, -0.1) is 0 Å². The number of aryl methyl sites for hydroxylation is 1. The molecule has 7 nitrogen and oxygen atoms in total. The molecule has 0 radical (unpaired) electrons. The van der Waals surface area contributed by atoms with Gasteiger partial charge in [0.05, 0.1) is 53.2 Å². The molecule has 1 fully saturated rings. The number of ether oxygens (including phenoxy) is 1. The van der Waals surface area contributed by atoms with Gasteiger partial charge in [-0.1, -0.05) is 13.5 Å². The second-order valence-corrected chi connectivity index (χ2v) is 9.08. The maximum atomic E-state index is 14.9. The third-order valence-corrected chi connectivity index (χ3v) is 6.56. The van der Waals surface area contributed by atoms with Gasteiger partial charge in [-0.2, -0.15) is 0 Å². The fraction of sp³-hybridized carbons (Fsp3) is 0.296. The molecule has 180 valence electrons. The number of imidazole rings is 2. The zero-order valence-corrected chi connectivity index (χ0v) is 19.0. The molecular weight excluding hydrogens is 445 g/mol. The van der Waals surface area contributed by atoms with Crippen LogP contribution in [0.4, 0.5) is 10.1 Å². The smallest absolute Gasteiger partial charge is 0.258 e. The number of fused-ring (bicyclic) bond motifs is 3. The van der Waals surface area contributed by atoms with E-state index in [0.29, 0.717) is 24.0 Å². The minimum atomic E-state index is -0.573. The molecule has 1 atom stereocenters. The summed E-state index contributed by atoms with van der Waals surface area (Å²) in [5.41, 5.74) is 4.69. The number of hydrogen-bond acceptors (Lipinski definition) is 4. The van der Waals surface area contributed by atoms with E-state index in [0.717, 1.165) is 41.0 Å². The van der Waals surface area contributed by atoms with E-state index in [2.05, 4.69) is 15.3 Å². The molecule has 0 saturated heterocycles. The van der Waals surface area contributed by atoms with Crippen molar-refractivity contribution in [3.8, 4) is 22.7 Å². The summed E-state index contributed by atoms with van der Waals surface area (Å²) >= 11 is 0. The van der Waals surface area contributed by atoms with E-state index in [1.807, 2.05) is 41.3 Å². The summed E-state index contributed by atoms with van der Waals surface area (Å²) in [6.07, 6.45) is 9.55. The molecule has 2 aliphatic rings. The van der Waals surface area contributed by atoms with E-state index in [1.165, 1.54) is 6.07 Å². The lowest BCUT2D eigenvalue weighted by Crippen LogP contribution is -2.16. The fourth-order valence-corrected chi connectivity index (χ4v) is 4.50. The number of nitrogens with one attached hydrogen (secondary N) is 1. The largest absolute Gasteiger partial charge is 0.489 e. The first kappa shape index (κ1) is 22.8. The summed E-state index contributed by atoms with van der Waals surface area (Å²) in [5, 5.41) is 2.87. The number of anilines is 1. The Morgan fingerprint density at radius 1 is 1.23 bits per heavy atom. The molecule has 2 aromatic heterocycles. The number of hydrogen-bond donors (Lipinski definition) is 1. The Labute approximate surface area is 203 Å². The van der Waals surface area contributed by atoms with Crippen LogP contribution in [0.2, 0.25) is 0 Å². The second-order valence-electron chi connectivity index (χ2n) is 9.08. The number of rotatable bonds is 4. The number of para-hydroxylation sites is 1. The number of carbonyl (C=O) groups is 1. The highest BCUT2D eigenvalue weighted by atomic mass is 19.1. The molecule has 2 aromatic carbocycles. The topological polar surface area (TPSA) is 74.0 Å². The normalized spacial score (nSPS) is 16.4. The first-order valence-electron chi connectivity index (χ1n) is 11.4. The number of benzene rings is 2. The van der Waals surface area contributed by atoms with Gasteiger partial charge in [-0.05, 0) is 56.5 Å². The maximum Gasteiger partial charge on any atom is 0.258 e. The molecule has 4 aromatic rings. The molecule has 1 N–H and O–H groups in total. The number of amides is 1. The van der Waals surface area contributed by atoms with Crippen LogP contribution >= 0.6 is 0 Å². The first-order chi connectivity index (χ1) is 16.5. The van der Waals surface area contributed by atoms with Crippen molar-refractivity contribution in [1.29, 1.82) is 0 Å². The summed E-state index contributed by atoms with van der Waals surface area (Å²) < 4.78 is 24.9. The lowest BCUT2D eigenvalue weighted by molar-refractivity contribution is 0.102. The minimum Gasteiger partial charge on any atom is -0.489 e. The van der Waals surface area contributed by atoms with Crippen molar-refractivity contribution in [2.75, 3.05) is 11.9 Å². The summed E-state index contributed by atoms with van der Waals surface area (Å²) in [7, 11) is 0. The predicted molar refractivity (Wildman–Crippen MR) is 133 cm³/mol. The van der Waals surface area contributed by atoms with Crippen molar-refractivity contribution >= 4 is 11.6 Å². The van der Waals surface area contributed by atoms with Gasteiger partial charge in [0.25, 0.3) is 5.91 Å². The molecule has 0 bridgehead atoms. The highest BCUT2D eigenvalue weighted by Crippen LogP contribution is 2.41. The number of nitrogens with zero attached hydrogens (tertiary/aromatic N) is 4. The van der Waals surface area contributed by atoms with E-state index < -0.39 is 11.7 Å². The van der Waals surface area contributed by atoms with Crippen LogP contribution in [-0.4, -0.2) is 31.6 Å². The molecule has 1 amide bonds. The van der Waals surface area contributed by atoms with Crippen molar-refractivity contribution in [3.05, 3.63) is 78.0 Å². The molecule has 1 aliphatic carbocycles. The SMILES string of the molecule is C.Cc1cc(F)c(C(=O)Nc2cccc3c2OCC(C)n2cncc2-3)cc1-n1cnc(C2CC2)c1. The fourth-order valence-electron chi connectivity index (χ4n) is 4.50. The van der Waals surface area contributed by atoms with Crippen LogP contribution in [-0.2, 0) is 0 Å². The van der Waals surface area contributed by atoms with Crippen LogP contribution in [0.15, 0.2) is 55.4 Å². The summed E-state index contributed by atoms with van der Waals surface area (Å²) in [6.45, 7) is 4.30. The number of carbonyl (C=O) groups excluding carboxylic acids is 1. The second kappa shape index (κ2) is 8.69. The highest BCUT2D eigenvalue weighted by molar-refractivity contribution is 6.06. The number of aromatic nitrogens is 4. The molecule has 1 unspecified atom stereocenters. The molecule has 8 heteroatoms. The quantitative estimate of drug-likeness (QED) is 0.400. The lowest BCUT2D eigenvalue weighted by Gasteiger charge is -2.15. The molecule has 35 heavy (non-hydrogen) atoms. The Kier molecular flexibility index (Phi) is 5.67. The minimum absolute atomic E-state index is 0. The Balaban J connectivity index is 0.00000253. The van der Waals surface area contributed by atoms with E-state index in [1.54, 1.807) is 31.0 Å². The van der Waals surface area contributed by atoms with E-state index in [-0.39, 0.29) is 19.0 Å². The summed E-state index contributed by atoms with van der Waals surface area (Å²) in [4.78, 5) is 22.0. The van der Waals surface area contributed by atoms with Crippen LogP contribution in [0.3, 0.4) is 0 Å². The molecule has 6 rings (SSSR count). The van der Waals surface area contributed by atoms with E-state index in [9.17, 15) is 9.18 Å². The van der Waals surface area contributed by atoms with Gasteiger partial charge in [0.2, 0.25) is 0 Å². The van der Waals surface area contributed by atoms with Crippen LogP contribution in [0.1, 0.15) is 60.8 Å². The van der Waals surface area contributed by atoms with Crippen molar-refractivity contribution in [2.45, 2.75) is 46.1 Å². The van der Waals surface area contributed by atoms with Gasteiger partial charge in [0.1, 0.15) is 12.4 Å². The summed E-state index contributed by atoms with van der Waals surface area (Å²) in [6, 6.07) is 8.59. The Morgan fingerprint density at radius 2 is 2.06 bits per heavy atom. The van der Waals surface area contributed by atoms with Crippen LogP contribution in [0.25, 0.3) is 16.9 Å². The van der Waals surface area contributed by atoms with Crippen LogP contribution in [0.5, 0.6) is 5.75 Å². The highest BCUT2D eigenvalue weighted by Gasteiger charge is 2.27. The van der Waals surface area contributed by atoms with Gasteiger partial charge < -0.3 is 19.2 Å². The van der Waals surface area contributed by atoms with Gasteiger partial charge in [0, 0.05) is 17.7 Å². The van der Waals surface area contributed by atoms with Crippen molar-refractivity contribution in [3.63, 3.8) is 0 Å². The lowest BCUT2D eigenvalue weighted by atomic mass is 10.1. The third kappa shape index (κ3) is 3.99. The molecule has 3 heterocycles. The monoisotopic (exact) mass is 473 g/mol. The van der Waals surface area contributed by atoms with Gasteiger partial charge >= 0.3 is 0 Å². The van der Waals surface area contributed by atoms with Gasteiger partial charge in [-0.3, -0.25) is 4.79 Å². The zero-order chi connectivity index (χ0) is 23.4. The molecular formula is C27H28FN5O2. The molecule has 1 aliphatic heterocycles. The van der Waals surface area contributed by atoms with Crippen LogP contribution in [0, 0.1) is 12.7 Å². The summed E-state index contributed by atoms with van der Waals surface area (Å²) in [5.74, 6) is -0.0458. The Hall–Kier alpha value is -3.94. The maximum absolute atomic E-state index is 14.9. The zero-order valence-electron chi connectivity index (χ0n) is 19.0. The average Bonchev–Trinajstić information content (AvgIpc) is 3.38. The third-order valence-electron chi connectivity index (χ3n) is 6.56. The van der Waals surface area contributed by atoms with Crippen molar-refractivity contribution < 1.29 is 13.9 Å². The average molecular weight is 474 g/mol.